The lowest BCUT2D eigenvalue weighted by Gasteiger charge is -2.10. The second-order valence-corrected chi connectivity index (χ2v) is 4.45. The molecule has 0 spiro atoms. The molecule has 0 aliphatic carbocycles. The maximum atomic E-state index is 13.6. The summed E-state index contributed by atoms with van der Waals surface area (Å²) in [5.74, 6) is 2.82. The van der Waals surface area contributed by atoms with E-state index in [4.69, 9.17) is 29.0 Å². The van der Waals surface area contributed by atoms with Crippen molar-refractivity contribution >= 4 is 40.5 Å². The molecular formula is C11H8Cl2F2N4. The minimum Gasteiger partial charge on any atom is -0.338 e. The van der Waals surface area contributed by atoms with Crippen molar-refractivity contribution < 1.29 is 8.78 Å². The zero-order chi connectivity index (χ0) is 14.0. The van der Waals surface area contributed by atoms with E-state index in [1.54, 1.807) is 0 Å². The Labute approximate surface area is 117 Å². The second-order valence-electron chi connectivity index (χ2n) is 3.58. The van der Waals surface area contributed by atoms with Crippen molar-refractivity contribution in [3.63, 3.8) is 0 Å². The molecule has 19 heavy (non-hydrogen) atoms. The summed E-state index contributed by atoms with van der Waals surface area (Å²) < 4.78 is 26.7. The molecule has 0 saturated carbocycles. The van der Waals surface area contributed by atoms with Crippen molar-refractivity contribution in [3.05, 3.63) is 45.9 Å². The molecule has 8 heteroatoms. The summed E-state index contributed by atoms with van der Waals surface area (Å²) in [6.45, 7) is 0. The van der Waals surface area contributed by atoms with E-state index in [1.165, 1.54) is 18.2 Å². The lowest BCUT2D eigenvalue weighted by atomic mass is 10.3. The molecule has 0 bridgehead atoms. The van der Waals surface area contributed by atoms with Crippen LogP contribution in [0, 0.1) is 11.6 Å². The quantitative estimate of drug-likeness (QED) is 0.598. The standard InChI is InChI=1S/C11H8Cl2F2N4/c12-5-1-6(13)3-7(2-5)17-10-8(14)4-9(15)11(18-10)19-16/h1-4H,16H2,(H2,17,18,19). The number of nitrogens with zero attached hydrogens (tertiary/aromatic N) is 1. The van der Waals surface area contributed by atoms with Crippen LogP contribution >= 0.6 is 23.2 Å². The Bertz CT molecular complexity index is 602. The highest BCUT2D eigenvalue weighted by molar-refractivity contribution is 6.35. The van der Waals surface area contributed by atoms with Gasteiger partial charge in [-0.15, -0.1) is 0 Å². The molecule has 4 N–H and O–H groups in total. The molecule has 0 fully saturated rings. The van der Waals surface area contributed by atoms with Crippen LogP contribution in [-0.4, -0.2) is 4.98 Å². The van der Waals surface area contributed by atoms with Gasteiger partial charge in [0.05, 0.1) is 0 Å². The van der Waals surface area contributed by atoms with Crippen LogP contribution < -0.4 is 16.6 Å². The van der Waals surface area contributed by atoms with Crippen LogP contribution in [0.5, 0.6) is 0 Å². The first-order valence-electron chi connectivity index (χ1n) is 5.05. The summed E-state index contributed by atoms with van der Waals surface area (Å²) >= 11 is 11.6. The number of anilines is 3. The zero-order valence-electron chi connectivity index (χ0n) is 9.35. The summed E-state index contributed by atoms with van der Waals surface area (Å²) in [6.07, 6.45) is 0. The van der Waals surface area contributed by atoms with Gasteiger partial charge in [-0.1, -0.05) is 23.2 Å². The molecule has 0 unspecified atom stereocenters. The predicted octanol–water partition coefficient (Wildman–Crippen LogP) is 3.70. The topological polar surface area (TPSA) is 63.0 Å². The summed E-state index contributed by atoms with van der Waals surface area (Å²) in [5, 5.41) is 3.38. The molecule has 0 radical (unpaired) electrons. The predicted molar refractivity (Wildman–Crippen MR) is 71.7 cm³/mol. The number of halogens is 4. The van der Waals surface area contributed by atoms with Gasteiger partial charge in [0, 0.05) is 21.8 Å². The van der Waals surface area contributed by atoms with Crippen LogP contribution in [0.25, 0.3) is 0 Å². The number of hydrogen-bond donors (Lipinski definition) is 3. The van der Waals surface area contributed by atoms with Crippen LogP contribution in [0.3, 0.4) is 0 Å². The number of aromatic nitrogens is 1. The minimum atomic E-state index is -0.894. The van der Waals surface area contributed by atoms with E-state index in [2.05, 4.69) is 10.3 Å². The van der Waals surface area contributed by atoms with E-state index < -0.39 is 11.6 Å². The second kappa shape index (κ2) is 5.56. The van der Waals surface area contributed by atoms with Crippen molar-refractivity contribution in [2.75, 3.05) is 10.7 Å². The molecule has 2 rings (SSSR count). The number of hydrazine groups is 1. The van der Waals surface area contributed by atoms with Gasteiger partial charge < -0.3 is 10.7 Å². The summed E-state index contributed by atoms with van der Waals surface area (Å²) in [6, 6.07) is 5.23. The smallest absolute Gasteiger partial charge is 0.178 e. The SMILES string of the molecule is NNc1nc(Nc2cc(Cl)cc(Cl)c2)c(F)cc1F. The van der Waals surface area contributed by atoms with Gasteiger partial charge in [0.25, 0.3) is 0 Å². The third kappa shape index (κ3) is 3.23. The number of nitrogen functional groups attached to an aromatic ring is 1. The molecule has 0 atom stereocenters. The first kappa shape index (κ1) is 13.8. The average Bonchev–Trinajstić information content (AvgIpc) is 2.31. The van der Waals surface area contributed by atoms with E-state index in [0.717, 1.165) is 0 Å². The summed E-state index contributed by atoms with van der Waals surface area (Å²) in [4.78, 5) is 3.66. The number of rotatable bonds is 3. The van der Waals surface area contributed by atoms with Crippen LogP contribution in [-0.2, 0) is 0 Å². The van der Waals surface area contributed by atoms with Gasteiger partial charge in [-0.25, -0.2) is 19.6 Å². The van der Waals surface area contributed by atoms with Crippen molar-refractivity contribution in [1.82, 2.24) is 4.98 Å². The largest absolute Gasteiger partial charge is 0.338 e. The molecular weight excluding hydrogens is 297 g/mol. The number of pyridine rings is 1. The normalized spacial score (nSPS) is 10.4. The van der Waals surface area contributed by atoms with E-state index >= 15 is 0 Å². The Morgan fingerprint density at radius 2 is 1.53 bits per heavy atom. The highest BCUT2D eigenvalue weighted by Gasteiger charge is 2.11. The van der Waals surface area contributed by atoms with Gasteiger partial charge >= 0.3 is 0 Å². The Morgan fingerprint density at radius 1 is 0.947 bits per heavy atom. The Balaban J connectivity index is 2.37. The monoisotopic (exact) mass is 304 g/mol. The van der Waals surface area contributed by atoms with Crippen LogP contribution in [0.2, 0.25) is 10.0 Å². The number of hydrogen-bond acceptors (Lipinski definition) is 4. The van der Waals surface area contributed by atoms with Crippen molar-refractivity contribution in [2.24, 2.45) is 5.84 Å². The molecule has 0 aliphatic rings. The van der Waals surface area contributed by atoms with E-state index in [0.29, 0.717) is 21.8 Å². The van der Waals surface area contributed by atoms with E-state index in [-0.39, 0.29) is 11.6 Å². The third-order valence-electron chi connectivity index (χ3n) is 2.19. The van der Waals surface area contributed by atoms with Gasteiger partial charge in [0.2, 0.25) is 0 Å². The fourth-order valence-corrected chi connectivity index (χ4v) is 1.94. The highest BCUT2D eigenvalue weighted by atomic mass is 35.5. The van der Waals surface area contributed by atoms with Crippen molar-refractivity contribution in [2.45, 2.75) is 0 Å². The van der Waals surface area contributed by atoms with Gasteiger partial charge in [0.1, 0.15) is 0 Å². The molecule has 0 aliphatic heterocycles. The van der Waals surface area contributed by atoms with Gasteiger partial charge in [-0.3, -0.25) is 0 Å². The lowest BCUT2D eigenvalue weighted by Crippen LogP contribution is -2.12. The first-order valence-corrected chi connectivity index (χ1v) is 5.81. The van der Waals surface area contributed by atoms with Crippen LogP contribution in [0.4, 0.5) is 26.1 Å². The third-order valence-corrected chi connectivity index (χ3v) is 2.63. The molecule has 0 saturated heterocycles. The number of nitrogens with one attached hydrogen (secondary N) is 2. The molecule has 0 amide bonds. The van der Waals surface area contributed by atoms with Gasteiger partial charge in [-0.05, 0) is 18.2 Å². The molecule has 1 aromatic carbocycles. The maximum Gasteiger partial charge on any atom is 0.178 e. The van der Waals surface area contributed by atoms with Gasteiger partial charge in [-0.2, -0.15) is 0 Å². The first-order chi connectivity index (χ1) is 8.99. The highest BCUT2D eigenvalue weighted by Crippen LogP contribution is 2.26. The molecule has 1 heterocycles. The lowest BCUT2D eigenvalue weighted by molar-refractivity contribution is 0.579. The van der Waals surface area contributed by atoms with E-state index in [1.807, 2.05) is 5.43 Å². The Morgan fingerprint density at radius 3 is 2.11 bits per heavy atom. The number of benzene rings is 1. The van der Waals surface area contributed by atoms with E-state index in [9.17, 15) is 8.78 Å². The average molecular weight is 305 g/mol. The minimum absolute atomic E-state index is 0.201. The van der Waals surface area contributed by atoms with Crippen LogP contribution in [0.1, 0.15) is 0 Å². The van der Waals surface area contributed by atoms with Crippen molar-refractivity contribution in [1.29, 1.82) is 0 Å². The van der Waals surface area contributed by atoms with Crippen LogP contribution in [0.15, 0.2) is 24.3 Å². The molecule has 1 aromatic heterocycles. The van der Waals surface area contributed by atoms with Crippen molar-refractivity contribution in [3.8, 4) is 0 Å². The fourth-order valence-electron chi connectivity index (χ4n) is 1.42. The Hall–Kier alpha value is -1.63. The van der Waals surface area contributed by atoms with Gasteiger partial charge in [0.15, 0.2) is 23.3 Å². The molecule has 4 nitrogen and oxygen atoms in total. The fraction of sp³-hybridized carbons (Fsp3) is 0. The maximum absolute atomic E-state index is 13.6. The Kier molecular flexibility index (Phi) is 4.04. The summed E-state index contributed by atoms with van der Waals surface area (Å²) in [5.41, 5.74) is 2.44. The zero-order valence-corrected chi connectivity index (χ0v) is 10.9. The molecule has 2 aromatic rings. The molecule has 100 valence electrons. The number of nitrogens with two attached hydrogens (primary N) is 1. The summed E-state index contributed by atoms with van der Waals surface area (Å²) in [7, 11) is 0.